The first-order valence-corrected chi connectivity index (χ1v) is 2.65. The van der Waals surface area contributed by atoms with Gasteiger partial charge in [-0.3, -0.25) is 0 Å². The van der Waals surface area contributed by atoms with Gasteiger partial charge in [-0.1, -0.05) is 0 Å². The summed E-state index contributed by atoms with van der Waals surface area (Å²) in [6, 6.07) is 0. The molecule has 0 aromatic heterocycles. The van der Waals surface area contributed by atoms with Gasteiger partial charge >= 0.3 is 41.5 Å². The summed E-state index contributed by atoms with van der Waals surface area (Å²) < 4.78 is 16.4. The molecule has 2 aliphatic rings. The molecular weight excluding hydrogens is 216 g/mol. The summed E-state index contributed by atoms with van der Waals surface area (Å²) in [7, 11) is 0. The van der Waals surface area contributed by atoms with Crippen LogP contribution in [0.15, 0.2) is 0 Å². The molecule has 0 N–H and O–H groups in total. The Hall–Kier alpha value is -1.42. The van der Waals surface area contributed by atoms with Crippen molar-refractivity contribution in [3.05, 3.63) is 0 Å². The molecular formula is C4MgO9. The van der Waals surface area contributed by atoms with E-state index in [1.165, 1.54) is 0 Å². The largest absolute Gasteiger partial charge is 2.00 e. The maximum atomic E-state index is 9.90. The molecule has 14 heavy (non-hydrogen) atoms. The fraction of sp³-hybridized carbons (Fsp3) is 0.250. The number of hydrogen-bond donors (Lipinski definition) is 0. The molecule has 0 radical (unpaired) electrons. The number of carbonyl (C=O) groups excluding carboxylic acids is 3. The molecule has 0 amide bonds. The molecule has 0 aromatic carbocycles. The van der Waals surface area contributed by atoms with Crippen LogP contribution in [0.1, 0.15) is 0 Å². The van der Waals surface area contributed by atoms with E-state index in [1.807, 2.05) is 0 Å². The minimum atomic E-state index is -2.33. The Morgan fingerprint density at radius 1 is 1.00 bits per heavy atom. The summed E-state index contributed by atoms with van der Waals surface area (Å²) in [4.78, 5) is 28.1. The number of rotatable bonds is 0. The third kappa shape index (κ3) is 2.81. The van der Waals surface area contributed by atoms with Crippen LogP contribution in [0, 0.1) is 0 Å². The minimum Gasteiger partial charge on any atom is -0.652 e. The third-order valence-corrected chi connectivity index (χ3v) is 0.833. The topological polar surface area (TPSA) is 134 Å². The summed E-state index contributed by atoms with van der Waals surface area (Å²) in [5, 5.41) is 16.7. The van der Waals surface area contributed by atoms with Gasteiger partial charge in [0, 0.05) is 0 Å². The van der Waals surface area contributed by atoms with Crippen molar-refractivity contribution in [3.8, 4) is 0 Å². The van der Waals surface area contributed by atoms with Gasteiger partial charge < -0.3 is 34.0 Å². The third-order valence-electron chi connectivity index (χ3n) is 0.833. The van der Waals surface area contributed by atoms with E-state index in [4.69, 9.17) is 15.0 Å². The maximum absolute atomic E-state index is 9.90. The number of ether oxygens (including phenoxy) is 4. The van der Waals surface area contributed by atoms with Crippen LogP contribution >= 0.6 is 0 Å². The molecule has 72 valence electrons. The quantitative estimate of drug-likeness (QED) is 0.308. The van der Waals surface area contributed by atoms with Gasteiger partial charge in [0.05, 0.1) is 0 Å². The van der Waals surface area contributed by atoms with Crippen LogP contribution in [0.2, 0.25) is 0 Å². The van der Waals surface area contributed by atoms with E-state index >= 15 is 0 Å². The smallest absolute Gasteiger partial charge is 0.652 e. The predicted octanol–water partition coefficient (Wildman–Crippen LogP) is -2.90. The van der Waals surface area contributed by atoms with Crippen molar-refractivity contribution in [2.24, 2.45) is 0 Å². The summed E-state index contributed by atoms with van der Waals surface area (Å²) in [5.74, 6) is 0. The number of hydrogen-bond acceptors (Lipinski definition) is 9. The first-order valence-electron chi connectivity index (χ1n) is 2.65. The monoisotopic (exact) mass is 216 g/mol. The molecule has 0 unspecified atom stereocenters. The maximum Gasteiger partial charge on any atom is 2.00 e. The zero-order valence-corrected chi connectivity index (χ0v) is 7.80. The van der Waals surface area contributed by atoms with E-state index in [0.717, 1.165) is 0 Å². The average Bonchev–Trinajstić information content (AvgIpc) is 1.79. The minimum absolute atomic E-state index is 0. The van der Waals surface area contributed by atoms with E-state index in [-0.39, 0.29) is 23.1 Å². The normalized spacial score (nSPS) is 18.6. The van der Waals surface area contributed by atoms with Crippen LogP contribution in [-0.4, -0.2) is 47.7 Å². The van der Waals surface area contributed by atoms with Crippen LogP contribution in [-0.2, 0) is 18.9 Å². The van der Waals surface area contributed by atoms with Crippen molar-refractivity contribution in [3.63, 3.8) is 0 Å². The van der Waals surface area contributed by atoms with Gasteiger partial charge in [0.15, 0.2) is 0 Å². The van der Waals surface area contributed by atoms with Crippen molar-refractivity contribution in [1.82, 2.24) is 0 Å². The zero-order valence-electron chi connectivity index (χ0n) is 6.38. The summed E-state index contributed by atoms with van der Waals surface area (Å²) in [6.07, 6.45) is -5.97. The molecule has 2 aliphatic heterocycles. The van der Waals surface area contributed by atoms with E-state index in [0.29, 0.717) is 0 Å². The molecule has 9 nitrogen and oxygen atoms in total. The summed E-state index contributed by atoms with van der Waals surface area (Å²) in [5.41, 5.74) is 0. The Bertz CT molecular complexity index is 226. The standard InChI is InChI=1S/C3O6.CH2O3.Mg/c4-1-6-3(7-1)8-2(5)9-3;2-1(3)4;/h;(H2,2,3,4);/q;;+2/p-2. The second kappa shape index (κ2) is 4.19. The molecule has 0 atom stereocenters. The van der Waals surface area contributed by atoms with Crippen LogP contribution in [0.25, 0.3) is 0 Å². The van der Waals surface area contributed by atoms with Gasteiger partial charge in [0.1, 0.15) is 0 Å². The Kier molecular flexibility index (Phi) is 3.77. The van der Waals surface area contributed by atoms with Gasteiger partial charge in [0.2, 0.25) is 0 Å². The average molecular weight is 216 g/mol. The molecule has 10 heteroatoms. The van der Waals surface area contributed by atoms with Crippen LogP contribution < -0.4 is 10.2 Å². The van der Waals surface area contributed by atoms with E-state index in [2.05, 4.69) is 18.9 Å². The van der Waals surface area contributed by atoms with Crippen LogP contribution in [0.5, 0.6) is 0 Å². The van der Waals surface area contributed by atoms with Crippen molar-refractivity contribution >= 4 is 41.5 Å². The Morgan fingerprint density at radius 2 is 1.21 bits per heavy atom. The first kappa shape index (κ1) is 12.6. The fourth-order valence-electron chi connectivity index (χ4n) is 0.507. The van der Waals surface area contributed by atoms with Gasteiger partial charge in [-0.15, -0.1) is 0 Å². The zero-order chi connectivity index (χ0) is 10.1. The van der Waals surface area contributed by atoms with Crippen molar-refractivity contribution in [2.45, 2.75) is 6.16 Å². The Morgan fingerprint density at radius 3 is 1.36 bits per heavy atom. The molecule has 2 saturated heterocycles. The Labute approximate surface area is 91.6 Å². The predicted molar refractivity (Wildman–Crippen MR) is 29.0 cm³/mol. The van der Waals surface area contributed by atoms with Crippen molar-refractivity contribution in [2.75, 3.05) is 0 Å². The molecule has 2 fully saturated rings. The van der Waals surface area contributed by atoms with E-state index in [9.17, 15) is 9.59 Å². The van der Waals surface area contributed by atoms with Crippen LogP contribution in [0.3, 0.4) is 0 Å². The van der Waals surface area contributed by atoms with Gasteiger partial charge in [-0.05, 0) is 6.16 Å². The molecule has 0 saturated carbocycles. The van der Waals surface area contributed by atoms with Gasteiger partial charge in [-0.2, -0.15) is 0 Å². The molecule has 0 aliphatic carbocycles. The molecule has 0 bridgehead atoms. The molecule has 2 rings (SSSR count). The first-order chi connectivity index (χ1) is 5.93. The second-order valence-electron chi connectivity index (χ2n) is 1.66. The fourth-order valence-corrected chi connectivity index (χ4v) is 0.507. The SMILES string of the molecule is O=C([O-])[O-].O=C1OC2(O1)OC(=O)O2.[Mg+2]. The van der Waals surface area contributed by atoms with E-state index in [1.54, 1.807) is 0 Å². The van der Waals surface area contributed by atoms with Crippen molar-refractivity contribution < 1.29 is 43.5 Å². The van der Waals surface area contributed by atoms with E-state index < -0.39 is 24.6 Å². The molecule has 1 spiro atoms. The summed E-state index contributed by atoms with van der Waals surface area (Å²) >= 11 is 0. The number of carboxylic acid groups (broad SMARTS) is 2. The van der Waals surface area contributed by atoms with Gasteiger partial charge in [0.25, 0.3) is 0 Å². The van der Waals surface area contributed by atoms with Crippen molar-refractivity contribution in [1.29, 1.82) is 0 Å². The molecule has 0 aromatic rings. The summed E-state index contributed by atoms with van der Waals surface area (Å²) in [6.45, 7) is 0. The second-order valence-corrected chi connectivity index (χ2v) is 1.66. The number of carbonyl (C=O) groups is 3. The molecule has 2 heterocycles. The van der Waals surface area contributed by atoms with Crippen LogP contribution in [0.4, 0.5) is 14.4 Å². The Balaban J connectivity index is 0.000000299. The van der Waals surface area contributed by atoms with Gasteiger partial charge in [-0.25, -0.2) is 9.59 Å².